The summed E-state index contributed by atoms with van der Waals surface area (Å²) in [5.41, 5.74) is 3.55. The monoisotopic (exact) mass is 249 g/mol. The molecule has 4 nitrogen and oxygen atoms in total. The van der Waals surface area contributed by atoms with Crippen LogP contribution in [0.5, 0.6) is 5.75 Å². The number of carboxylic acids is 1. The molecule has 1 atom stereocenters. The number of benzene rings is 1. The van der Waals surface area contributed by atoms with Crippen molar-refractivity contribution in [1.82, 2.24) is 0 Å². The van der Waals surface area contributed by atoms with Crippen molar-refractivity contribution in [1.29, 1.82) is 0 Å². The molecule has 0 aliphatic rings. The van der Waals surface area contributed by atoms with Crippen LogP contribution in [0.25, 0.3) is 0 Å². The van der Waals surface area contributed by atoms with Crippen LogP contribution >= 0.6 is 0 Å². The second kappa shape index (κ2) is 4.62. The number of carbonyl (C=O) groups is 1. The maximum Gasteiger partial charge on any atom is 0.416 e. The number of alkyl halides is 3. The van der Waals surface area contributed by atoms with Gasteiger partial charge in [0.05, 0.1) is 12.7 Å². The van der Waals surface area contributed by atoms with E-state index in [0.717, 1.165) is 19.2 Å². The van der Waals surface area contributed by atoms with Crippen LogP contribution in [-0.4, -0.2) is 18.2 Å². The Morgan fingerprint density at radius 3 is 2.47 bits per heavy atom. The Morgan fingerprint density at radius 1 is 1.47 bits per heavy atom. The van der Waals surface area contributed by atoms with E-state index in [1.165, 1.54) is 6.07 Å². The molecule has 0 radical (unpaired) electrons. The van der Waals surface area contributed by atoms with Gasteiger partial charge in [-0.2, -0.15) is 13.2 Å². The topological polar surface area (TPSA) is 72.5 Å². The van der Waals surface area contributed by atoms with Crippen LogP contribution in [0.15, 0.2) is 18.2 Å². The van der Waals surface area contributed by atoms with Gasteiger partial charge in [0.2, 0.25) is 0 Å². The fourth-order valence-corrected chi connectivity index (χ4v) is 1.41. The lowest BCUT2D eigenvalue weighted by atomic mass is 9.99. The van der Waals surface area contributed by atoms with Crippen molar-refractivity contribution in [2.45, 2.75) is 12.2 Å². The minimum Gasteiger partial charge on any atom is -0.496 e. The highest BCUT2D eigenvalue weighted by Gasteiger charge is 2.37. The zero-order valence-electron chi connectivity index (χ0n) is 8.78. The maximum atomic E-state index is 12.7. The van der Waals surface area contributed by atoms with E-state index in [-0.39, 0.29) is 5.75 Å². The number of ether oxygens (including phenoxy) is 1. The van der Waals surface area contributed by atoms with Crippen molar-refractivity contribution in [3.05, 3.63) is 29.3 Å². The van der Waals surface area contributed by atoms with Crippen LogP contribution < -0.4 is 10.5 Å². The smallest absolute Gasteiger partial charge is 0.416 e. The highest BCUT2D eigenvalue weighted by Crippen LogP contribution is 2.38. The van der Waals surface area contributed by atoms with Gasteiger partial charge in [0.25, 0.3) is 0 Å². The van der Waals surface area contributed by atoms with E-state index in [1.807, 2.05) is 0 Å². The Balaban J connectivity index is 3.46. The van der Waals surface area contributed by atoms with Crippen LogP contribution in [0.3, 0.4) is 0 Å². The first-order valence-electron chi connectivity index (χ1n) is 4.51. The minimum absolute atomic E-state index is 0.199. The van der Waals surface area contributed by atoms with E-state index in [9.17, 15) is 18.0 Å². The zero-order valence-corrected chi connectivity index (χ0v) is 8.78. The normalized spacial score (nSPS) is 13.2. The average molecular weight is 249 g/mol. The molecule has 0 aromatic heterocycles. The minimum atomic E-state index is -4.68. The molecule has 0 saturated heterocycles. The van der Waals surface area contributed by atoms with E-state index < -0.39 is 29.3 Å². The third-order valence-electron chi connectivity index (χ3n) is 2.17. The van der Waals surface area contributed by atoms with Crippen LogP contribution in [0, 0.1) is 0 Å². The zero-order chi connectivity index (χ0) is 13.2. The van der Waals surface area contributed by atoms with Crippen molar-refractivity contribution in [2.24, 2.45) is 5.73 Å². The van der Waals surface area contributed by atoms with Crippen molar-refractivity contribution in [2.75, 3.05) is 7.11 Å². The first-order chi connectivity index (χ1) is 7.79. The van der Waals surface area contributed by atoms with Crippen molar-refractivity contribution < 1.29 is 27.8 Å². The molecule has 94 valence electrons. The largest absolute Gasteiger partial charge is 0.496 e. The quantitative estimate of drug-likeness (QED) is 0.856. The second-order valence-electron chi connectivity index (χ2n) is 3.24. The lowest BCUT2D eigenvalue weighted by molar-refractivity contribution is -0.141. The molecule has 7 heteroatoms. The van der Waals surface area contributed by atoms with Gasteiger partial charge < -0.3 is 15.6 Å². The van der Waals surface area contributed by atoms with Gasteiger partial charge in [-0.3, -0.25) is 4.79 Å². The Hall–Kier alpha value is -1.76. The lowest BCUT2D eigenvalue weighted by Crippen LogP contribution is -2.25. The van der Waals surface area contributed by atoms with Gasteiger partial charge in [-0.05, 0) is 12.1 Å². The highest BCUT2D eigenvalue weighted by molar-refractivity contribution is 5.77. The molecule has 1 aromatic rings. The third-order valence-corrected chi connectivity index (χ3v) is 2.17. The summed E-state index contributed by atoms with van der Waals surface area (Å²) in [5, 5.41) is 8.70. The fraction of sp³-hybridized carbons (Fsp3) is 0.300. The summed E-state index contributed by atoms with van der Waals surface area (Å²) in [6.45, 7) is 0. The molecule has 0 bridgehead atoms. The first kappa shape index (κ1) is 13.3. The standard InChI is InChI=1S/C10H10F3NO3/c1-17-6-4-2-3-5(10(11,12)13)7(6)8(14)9(15)16/h2-4,8H,14H2,1H3,(H,15,16). The summed E-state index contributed by atoms with van der Waals surface area (Å²) in [7, 11) is 1.15. The molecule has 3 N–H and O–H groups in total. The Labute approximate surface area is 94.8 Å². The highest BCUT2D eigenvalue weighted by atomic mass is 19.4. The molecule has 0 spiro atoms. The number of carboxylic acid groups (broad SMARTS) is 1. The molecule has 0 aliphatic carbocycles. The predicted molar refractivity (Wildman–Crippen MR) is 52.6 cm³/mol. The van der Waals surface area contributed by atoms with Crippen LogP contribution in [0.1, 0.15) is 17.2 Å². The van der Waals surface area contributed by atoms with Gasteiger partial charge in [-0.25, -0.2) is 0 Å². The van der Waals surface area contributed by atoms with Crippen molar-refractivity contribution >= 4 is 5.97 Å². The van der Waals surface area contributed by atoms with E-state index in [1.54, 1.807) is 0 Å². The van der Waals surface area contributed by atoms with Gasteiger partial charge in [0.15, 0.2) is 0 Å². The van der Waals surface area contributed by atoms with E-state index >= 15 is 0 Å². The molecule has 1 rings (SSSR count). The fourth-order valence-electron chi connectivity index (χ4n) is 1.41. The third kappa shape index (κ3) is 2.68. The number of hydrogen-bond acceptors (Lipinski definition) is 3. The molecule has 1 aromatic carbocycles. The summed E-state index contributed by atoms with van der Waals surface area (Å²) in [6, 6.07) is 1.33. The molecule has 0 aliphatic heterocycles. The molecule has 1 unspecified atom stereocenters. The Morgan fingerprint density at radius 2 is 2.06 bits per heavy atom. The summed E-state index contributed by atoms with van der Waals surface area (Å²) >= 11 is 0. The van der Waals surface area contributed by atoms with Crippen LogP contribution in [0.4, 0.5) is 13.2 Å². The number of nitrogens with two attached hydrogens (primary N) is 1. The molecule has 0 heterocycles. The molecule has 0 fully saturated rings. The summed E-state index contributed by atoms with van der Waals surface area (Å²) in [4.78, 5) is 10.7. The van der Waals surface area contributed by atoms with Gasteiger partial charge in [0.1, 0.15) is 11.8 Å². The second-order valence-corrected chi connectivity index (χ2v) is 3.24. The molecule has 0 saturated carbocycles. The van der Waals surface area contributed by atoms with Gasteiger partial charge in [-0.15, -0.1) is 0 Å². The van der Waals surface area contributed by atoms with Crippen LogP contribution in [-0.2, 0) is 11.0 Å². The van der Waals surface area contributed by atoms with Gasteiger partial charge >= 0.3 is 12.1 Å². The van der Waals surface area contributed by atoms with E-state index in [0.29, 0.717) is 0 Å². The Bertz CT molecular complexity index is 431. The van der Waals surface area contributed by atoms with Gasteiger partial charge in [-0.1, -0.05) is 6.07 Å². The van der Waals surface area contributed by atoms with Crippen LogP contribution in [0.2, 0.25) is 0 Å². The SMILES string of the molecule is COc1cccc(C(F)(F)F)c1C(N)C(=O)O. The summed E-state index contributed by atoms with van der Waals surface area (Å²) in [5.74, 6) is -1.75. The molecular formula is C10H10F3NO3. The number of aliphatic carboxylic acids is 1. The number of halogens is 3. The Kier molecular flexibility index (Phi) is 3.62. The van der Waals surface area contributed by atoms with Gasteiger partial charge in [0, 0.05) is 5.56 Å². The average Bonchev–Trinajstić information content (AvgIpc) is 2.25. The molecular weight excluding hydrogens is 239 g/mol. The number of hydrogen-bond donors (Lipinski definition) is 2. The first-order valence-corrected chi connectivity index (χ1v) is 4.51. The molecule has 0 amide bonds. The molecule has 17 heavy (non-hydrogen) atoms. The number of rotatable bonds is 3. The predicted octanol–water partition coefficient (Wildman–Crippen LogP) is 1.80. The summed E-state index contributed by atoms with van der Waals surface area (Å²) < 4.78 is 42.8. The van der Waals surface area contributed by atoms with Crippen molar-refractivity contribution in [3.63, 3.8) is 0 Å². The van der Waals surface area contributed by atoms with E-state index in [2.05, 4.69) is 0 Å². The summed E-state index contributed by atoms with van der Waals surface area (Å²) in [6.07, 6.45) is -4.68. The maximum absolute atomic E-state index is 12.7. The van der Waals surface area contributed by atoms with Crippen molar-refractivity contribution in [3.8, 4) is 5.75 Å². The number of methoxy groups -OCH3 is 1. The lowest BCUT2D eigenvalue weighted by Gasteiger charge is -2.18. The van der Waals surface area contributed by atoms with E-state index in [4.69, 9.17) is 15.6 Å².